The van der Waals surface area contributed by atoms with E-state index in [9.17, 15) is 0 Å². The average Bonchev–Trinajstić information content (AvgIpc) is 3.75. The van der Waals surface area contributed by atoms with Gasteiger partial charge in [-0.25, -0.2) is 0 Å². The van der Waals surface area contributed by atoms with Crippen LogP contribution in [0.2, 0.25) is 0 Å². The number of thiophene rings is 1. The Bertz CT molecular complexity index is 1190. The van der Waals surface area contributed by atoms with Crippen LogP contribution in [0.25, 0.3) is 30.9 Å². The number of hydrogen-bond donors (Lipinski definition) is 0. The summed E-state index contributed by atoms with van der Waals surface area (Å²) < 4.78 is 10.7. The van der Waals surface area contributed by atoms with E-state index in [0.717, 1.165) is 26.4 Å². The van der Waals surface area contributed by atoms with Crippen molar-refractivity contribution in [3.05, 3.63) is 23.1 Å². The maximum absolute atomic E-state index is 4.49. The third-order valence-corrected chi connectivity index (χ3v) is 11.0. The van der Waals surface area contributed by atoms with Gasteiger partial charge >= 0.3 is 0 Å². The van der Waals surface area contributed by atoms with Gasteiger partial charge < -0.3 is 0 Å². The Morgan fingerprint density at radius 2 is 1.20 bits per heavy atom. The van der Waals surface area contributed by atoms with E-state index >= 15 is 0 Å². The predicted molar refractivity (Wildman–Crippen MR) is 183 cm³/mol. The van der Waals surface area contributed by atoms with Crippen LogP contribution in [-0.4, -0.2) is 19.2 Å². The van der Waals surface area contributed by atoms with E-state index in [0.29, 0.717) is 0 Å². The maximum atomic E-state index is 4.49. The van der Waals surface area contributed by atoms with Crippen molar-refractivity contribution in [3.63, 3.8) is 0 Å². The molecule has 1 unspecified atom stereocenters. The van der Waals surface area contributed by atoms with Crippen molar-refractivity contribution >= 4 is 54.8 Å². The Kier molecular flexibility index (Phi) is 15.0. The normalized spacial score (nSPS) is 12.6. The van der Waals surface area contributed by atoms with E-state index in [1.807, 2.05) is 11.3 Å². The van der Waals surface area contributed by atoms with E-state index in [1.54, 1.807) is 0 Å². The molecule has 0 saturated carbocycles. The maximum Gasteiger partial charge on any atom is 0.116 e. The Hall–Kier alpha value is -1.44. The third kappa shape index (κ3) is 10.7. The minimum Gasteiger partial charge on any atom is -0.143 e. The fourth-order valence-electron chi connectivity index (χ4n) is 6.17. The molecule has 4 aromatic rings. The van der Waals surface area contributed by atoms with Crippen molar-refractivity contribution in [3.8, 4) is 10.4 Å². The lowest BCUT2D eigenvalue weighted by Crippen LogP contribution is -2.05. The SMILES string of the molecule is CCCCCCCCCCCCC(CCCCCCCCCC)Cc1csc(-c2c3nnsc3cc3nnsc23)c1. The number of unbranched alkanes of at least 4 members (excludes halogenated alkanes) is 16. The molecule has 0 saturated heterocycles. The van der Waals surface area contributed by atoms with Gasteiger partial charge in [-0.15, -0.1) is 21.5 Å². The summed E-state index contributed by atoms with van der Waals surface area (Å²) in [6, 6.07) is 4.51. The van der Waals surface area contributed by atoms with E-state index in [-0.39, 0.29) is 0 Å². The molecule has 4 nitrogen and oxygen atoms in total. The van der Waals surface area contributed by atoms with E-state index in [1.165, 1.54) is 174 Å². The van der Waals surface area contributed by atoms with Gasteiger partial charge in [-0.3, -0.25) is 0 Å². The Morgan fingerprint density at radius 3 is 1.80 bits per heavy atom. The third-order valence-electron chi connectivity index (χ3n) is 8.61. The first-order chi connectivity index (χ1) is 20.3. The molecule has 0 spiro atoms. The summed E-state index contributed by atoms with van der Waals surface area (Å²) in [5.74, 6) is 0.799. The zero-order valence-corrected chi connectivity index (χ0v) is 28.1. The summed E-state index contributed by atoms with van der Waals surface area (Å²) >= 11 is 4.78. The average molecular weight is 613 g/mol. The van der Waals surface area contributed by atoms with Gasteiger partial charge in [0, 0.05) is 10.4 Å². The topological polar surface area (TPSA) is 51.6 Å². The molecule has 0 fully saturated rings. The highest BCUT2D eigenvalue weighted by molar-refractivity contribution is 7.17. The predicted octanol–water partition coefficient (Wildman–Crippen LogP) is 12.4. The monoisotopic (exact) mass is 612 g/mol. The molecule has 1 aromatic carbocycles. The van der Waals surface area contributed by atoms with Gasteiger partial charge in [-0.1, -0.05) is 151 Å². The van der Waals surface area contributed by atoms with Crippen molar-refractivity contribution in [1.29, 1.82) is 0 Å². The summed E-state index contributed by atoms with van der Waals surface area (Å²) in [7, 11) is 0. The van der Waals surface area contributed by atoms with Gasteiger partial charge in [-0.2, -0.15) is 0 Å². The van der Waals surface area contributed by atoms with Gasteiger partial charge in [0.25, 0.3) is 0 Å². The first-order valence-electron chi connectivity index (χ1n) is 16.7. The van der Waals surface area contributed by atoms with Crippen LogP contribution in [0, 0.1) is 5.92 Å². The molecule has 3 aromatic heterocycles. The van der Waals surface area contributed by atoms with Crippen LogP contribution in [0.15, 0.2) is 17.5 Å². The first-order valence-corrected chi connectivity index (χ1v) is 19.2. The van der Waals surface area contributed by atoms with Crippen LogP contribution in [0.4, 0.5) is 0 Å². The lowest BCUT2D eigenvalue weighted by Gasteiger charge is -2.16. The summed E-state index contributed by atoms with van der Waals surface area (Å²) in [4.78, 5) is 1.29. The number of fused-ring (bicyclic) bond motifs is 2. The van der Waals surface area contributed by atoms with E-state index in [2.05, 4.69) is 50.5 Å². The lowest BCUT2D eigenvalue weighted by molar-refractivity contribution is 0.400. The summed E-state index contributed by atoms with van der Waals surface area (Å²) in [6.45, 7) is 4.61. The summed E-state index contributed by atoms with van der Waals surface area (Å²) in [5.41, 5.74) is 4.65. The summed E-state index contributed by atoms with van der Waals surface area (Å²) in [5, 5.41) is 11.2. The van der Waals surface area contributed by atoms with Gasteiger partial charge in [0.15, 0.2) is 0 Å². The quantitative estimate of drug-likeness (QED) is 0.0782. The fourth-order valence-corrected chi connectivity index (χ4v) is 8.52. The van der Waals surface area contributed by atoms with Crippen molar-refractivity contribution in [1.82, 2.24) is 19.2 Å². The molecular formula is C34H52N4S3. The van der Waals surface area contributed by atoms with E-state index < -0.39 is 0 Å². The molecule has 4 rings (SSSR count). The Morgan fingerprint density at radius 1 is 0.634 bits per heavy atom. The van der Waals surface area contributed by atoms with Crippen LogP contribution in [0.3, 0.4) is 0 Å². The zero-order valence-electron chi connectivity index (χ0n) is 25.7. The highest BCUT2D eigenvalue weighted by atomic mass is 32.1. The first kappa shape index (κ1) is 32.5. The molecule has 7 heteroatoms. The Balaban J connectivity index is 1.29. The number of rotatable bonds is 23. The molecule has 1 atom stereocenters. The molecule has 0 aliphatic heterocycles. The van der Waals surface area contributed by atoms with Crippen molar-refractivity contribution < 1.29 is 0 Å². The fraction of sp³-hybridized carbons (Fsp3) is 0.706. The van der Waals surface area contributed by atoms with Crippen LogP contribution >= 0.6 is 34.4 Å². The molecule has 0 amide bonds. The molecule has 0 aliphatic carbocycles. The van der Waals surface area contributed by atoms with Gasteiger partial charge in [-0.05, 0) is 58.5 Å². The van der Waals surface area contributed by atoms with Crippen molar-refractivity contribution in [2.75, 3.05) is 0 Å². The number of nitrogens with zero attached hydrogens (tertiary/aromatic N) is 4. The Labute approximate surface area is 261 Å². The second-order valence-electron chi connectivity index (χ2n) is 12.1. The zero-order chi connectivity index (χ0) is 28.5. The molecule has 226 valence electrons. The largest absolute Gasteiger partial charge is 0.143 e. The molecule has 3 heterocycles. The second-order valence-corrected chi connectivity index (χ2v) is 14.6. The van der Waals surface area contributed by atoms with E-state index in [4.69, 9.17) is 0 Å². The number of aromatic nitrogens is 4. The van der Waals surface area contributed by atoms with Crippen LogP contribution in [0.1, 0.15) is 148 Å². The summed E-state index contributed by atoms with van der Waals surface area (Å²) in [6.07, 6.45) is 29.4. The number of benzene rings is 1. The smallest absolute Gasteiger partial charge is 0.116 e. The van der Waals surface area contributed by atoms with Crippen molar-refractivity contribution in [2.45, 2.75) is 149 Å². The minimum absolute atomic E-state index is 0.799. The molecule has 41 heavy (non-hydrogen) atoms. The molecule has 0 aliphatic rings. The minimum atomic E-state index is 0.799. The highest BCUT2D eigenvalue weighted by Gasteiger charge is 2.18. The van der Waals surface area contributed by atoms with Crippen LogP contribution in [-0.2, 0) is 6.42 Å². The lowest BCUT2D eigenvalue weighted by atomic mass is 9.89. The standard InChI is InChI=1S/C34H52N4S3/c1-3-5-7-9-11-13-14-16-18-20-22-27(21-19-17-15-12-10-8-6-4-2)23-28-24-30(39-26-28)32-33-31(40-38-36-33)25-29-34(32)41-37-35-29/h24-27H,3-23H2,1-2H3. The second kappa shape index (κ2) is 19.0. The number of hydrogen-bond acceptors (Lipinski definition) is 7. The molecule has 0 bridgehead atoms. The van der Waals surface area contributed by atoms with Gasteiger partial charge in [0.05, 0.1) is 9.40 Å². The van der Waals surface area contributed by atoms with Crippen LogP contribution in [0.5, 0.6) is 0 Å². The highest BCUT2D eigenvalue weighted by Crippen LogP contribution is 2.40. The molecule has 0 radical (unpaired) electrons. The molecule has 0 N–H and O–H groups in total. The van der Waals surface area contributed by atoms with Gasteiger partial charge in [0.1, 0.15) is 11.0 Å². The van der Waals surface area contributed by atoms with Crippen molar-refractivity contribution in [2.24, 2.45) is 5.92 Å². The van der Waals surface area contributed by atoms with Gasteiger partial charge in [0.2, 0.25) is 0 Å². The molecular weight excluding hydrogens is 561 g/mol. The van der Waals surface area contributed by atoms with Crippen LogP contribution < -0.4 is 0 Å².